The molecule has 6 aromatic heterocycles. The molecular weight excluding hydrogens is 1940 g/mol. The Morgan fingerprint density at radius 2 is 0.577 bits per heavy atom. The lowest BCUT2D eigenvalue weighted by atomic mass is 10.0. The van der Waals surface area contributed by atoms with Crippen molar-refractivity contribution in [2.24, 2.45) is 5.92 Å². The number of thioether (sulfide) groups is 5. The summed E-state index contributed by atoms with van der Waals surface area (Å²) >= 11 is 8.10. The van der Waals surface area contributed by atoms with E-state index in [0.29, 0.717) is 100 Å². The van der Waals surface area contributed by atoms with E-state index in [1.807, 2.05) is 174 Å². The van der Waals surface area contributed by atoms with E-state index >= 15 is 0 Å². The third-order valence-electron chi connectivity index (χ3n) is 25.3. The van der Waals surface area contributed by atoms with Crippen LogP contribution in [0.4, 0.5) is 0 Å². The van der Waals surface area contributed by atoms with Gasteiger partial charge in [-0.2, -0.15) is 0 Å². The molecule has 0 saturated heterocycles. The van der Waals surface area contributed by atoms with E-state index in [-0.39, 0.29) is 38.5 Å². The van der Waals surface area contributed by atoms with Crippen LogP contribution in [0.3, 0.4) is 0 Å². The summed E-state index contributed by atoms with van der Waals surface area (Å²) in [6.45, 7) is 25.1. The van der Waals surface area contributed by atoms with E-state index in [9.17, 15) is 28.8 Å². The second kappa shape index (κ2) is 62.1. The molecule has 0 radical (unpaired) electrons. The Morgan fingerprint density at radius 3 is 0.946 bits per heavy atom. The molecule has 0 aliphatic rings. The largest absolute Gasteiger partial charge is 0.460 e. The minimum atomic E-state index is -0.0871. The van der Waals surface area contributed by atoms with Gasteiger partial charge in [-0.3, -0.25) is 28.8 Å². The lowest BCUT2D eigenvalue weighted by Crippen LogP contribution is -2.06. The molecule has 18 heteroatoms. The normalized spacial score (nSPS) is 10.9. The average Bonchev–Trinajstić information content (AvgIpc) is 0.859. The van der Waals surface area contributed by atoms with Crippen LogP contribution in [-0.2, 0) is 57.3 Å². The number of aryl methyl sites for hydroxylation is 7. The van der Waals surface area contributed by atoms with Gasteiger partial charge in [0.25, 0.3) is 5.95 Å². The summed E-state index contributed by atoms with van der Waals surface area (Å²) in [5.41, 5.74) is 20.7. The van der Waals surface area contributed by atoms with Gasteiger partial charge in [0.2, 0.25) is 0 Å². The van der Waals surface area contributed by atoms with Crippen LogP contribution >= 0.6 is 58.8 Å². The van der Waals surface area contributed by atoms with Crippen molar-refractivity contribution >= 4 is 125 Å². The van der Waals surface area contributed by atoms with E-state index in [4.69, 9.17) is 31.2 Å². The van der Waals surface area contributed by atoms with Crippen molar-refractivity contribution in [1.29, 1.82) is 0 Å². The molecule has 11 aromatic carbocycles. The Balaban J connectivity index is 0.000000159. The molecule has 0 aliphatic carbocycles. The molecule has 774 valence electrons. The third kappa shape index (κ3) is 36.1. The van der Waals surface area contributed by atoms with Crippen LogP contribution in [0.25, 0.3) is 65.8 Å². The first kappa shape index (κ1) is 115. The van der Waals surface area contributed by atoms with Gasteiger partial charge in [0.1, 0.15) is 40.1 Å². The van der Waals surface area contributed by atoms with Crippen LogP contribution < -0.4 is 37.3 Å². The summed E-state index contributed by atoms with van der Waals surface area (Å²) in [5, 5.41) is 7.55. The predicted molar refractivity (Wildman–Crippen MR) is 630 cm³/mol. The van der Waals surface area contributed by atoms with E-state index in [1.54, 1.807) is 77.0 Å². The lowest BCUT2D eigenvalue weighted by molar-refractivity contribution is 0.235. The molecule has 13 nitrogen and oxygen atoms in total. The van der Waals surface area contributed by atoms with Gasteiger partial charge in [-0.1, -0.05) is 333 Å². The van der Waals surface area contributed by atoms with Crippen molar-refractivity contribution in [3.05, 3.63) is 418 Å². The van der Waals surface area contributed by atoms with Crippen molar-refractivity contribution in [2.75, 3.05) is 23.0 Å². The Labute approximate surface area is 900 Å². The molecule has 0 saturated carbocycles. The van der Waals surface area contributed by atoms with E-state index in [0.717, 1.165) is 168 Å². The fraction of sp³-hybridized carbons (Fsp3) is 0.328. The van der Waals surface area contributed by atoms with Gasteiger partial charge in [-0.05, 0) is 278 Å². The third-order valence-corrected chi connectivity index (χ3v) is 31.0. The van der Waals surface area contributed by atoms with Crippen molar-refractivity contribution in [3.63, 3.8) is 0 Å². The SMILES string of the molecule is CC(C)CCc1ccc(COc2cc(=O)c3ccccc3o2)cc1.CCCC#Cc1ccc(CSc2oc3ccccc3c(=O)c2C)cc1.CCCCC#CCCCSc1oc2ccccc2c(=O)c1C.CCCCCc1ccc(CCSc2oc3ccccc3c(=O)c2C)cc1.CCCc1ccc(CCCCSc2oc3ccccc3c(=O)c2C)cc1.CCCc1ccc(CCCCSc2oc3ccccc3c(=O)c2C)cc1. The molecule has 0 fully saturated rings. The number of unbranched alkanes of at least 4 members (excludes halogenated alkanes) is 8. The molecule has 6 heterocycles. The minimum absolute atomic E-state index is 0.0471. The van der Waals surface area contributed by atoms with E-state index in [1.165, 1.54) is 108 Å². The van der Waals surface area contributed by atoms with Gasteiger partial charge in [0.05, 0.1) is 38.4 Å². The number of fused-ring (bicyclic) bond motifs is 6. The fourth-order valence-corrected chi connectivity index (χ4v) is 21.3. The van der Waals surface area contributed by atoms with Crippen LogP contribution in [-0.4, -0.2) is 23.0 Å². The van der Waals surface area contributed by atoms with Crippen molar-refractivity contribution in [1.82, 2.24) is 0 Å². The first-order valence-electron chi connectivity index (χ1n) is 52.9. The molecule has 17 rings (SSSR count). The van der Waals surface area contributed by atoms with Gasteiger partial charge in [0.15, 0.2) is 58.0 Å². The molecule has 0 aliphatic heterocycles. The molecule has 0 amide bonds. The van der Waals surface area contributed by atoms with Gasteiger partial charge in [-0.25, -0.2) is 0 Å². The van der Waals surface area contributed by atoms with Crippen LogP contribution in [0, 0.1) is 64.2 Å². The number of hydrogen-bond acceptors (Lipinski definition) is 18. The van der Waals surface area contributed by atoms with Gasteiger partial charge in [0, 0.05) is 81.4 Å². The molecule has 17 aromatic rings. The topological polar surface area (TPSA) is 190 Å². The second-order valence-electron chi connectivity index (χ2n) is 37.7. The Bertz CT molecular complexity index is 7500. The van der Waals surface area contributed by atoms with Gasteiger partial charge < -0.3 is 31.2 Å². The Morgan fingerprint density at radius 1 is 0.268 bits per heavy atom. The number of para-hydroxylation sites is 6. The molecule has 0 bridgehead atoms. The molecule has 0 unspecified atom stereocenters. The highest BCUT2D eigenvalue weighted by Gasteiger charge is 2.19. The quantitative estimate of drug-likeness (QED) is 0.0200. The number of hydrogen-bond donors (Lipinski definition) is 0. The summed E-state index contributed by atoms with van der Waals surface area (Å²) < 4.78 is 40.9. The summed E-state index contributed by atoms with van der Waals surface area (Å²) in [6.07, 6.45) is 27.0. The van der Waals surface area contributed by atoms with Crippen LogP contribution in [0.2, 0.25) is 0 Å². The summed E-state index contributed by atoms with van der Waals surface area (Å²) in [7, 11) is 0. The van der Waals surface area contributed by atoms with Crippen molar-refractivity contribution < 1.29 is 31.2 Å². The highest BCUT2D eigenvalue weighted by Crippen LogP contribution is 2.34. The Kier molecular flexibility index (Phi) is 47.9. The molecule has 149 heavy (non-hydrogen) atoms. The van der Waals surface area contributed by atoms with Gasteiger partial charge in [-0.15, -0.1) is 11.8 Å². The van der Waals surface area contributed by atoms with Crippen LogP contribution in [0.15, 0.2) is 354 Å². The standard InChI is InChI=1S/3C23H26O2S.C22H20O2S.C21H22O3.C19H22O2S/c2*1-3-8-18-12-14-19(15-13-18)9-6-7-16-26-23-17(2)22(24)20-10-4-5-11-21(20)25-23;1-3-4-5-8-18-11-13-19(14-12-18)15-16-26-23-17(2)22(24)20-9-6-7-10-21(20)25-23;1-3-4-5-8-17-11-13-18(14-12-17)15-25-22-16(2)21(23)19-9-6-7-10-20(19)24-22;1-15(2)7-8-16-9-11-17(12-10-16)14-23-21-13-19(22)18-5-3-4-6-20(18)24-21;1-3-4-5-6-7-8-11-14-22-19-15(2)18(20)16-12-9-10-13-17(16)21-19/h2*4-5,10-15H,3,6-9,16H2,1-2H3;6-7,9-14H,3-5,8,15-16H2,1-2H3;6-7,9-14H,3-4,15H2,1-2H3;3-6,9-13,15H,7-8,14H2,1-2H3;9-10,12-13H,3-5,8,11,14H2,1-2H3. The smallest absolute Gasteiger partial charge is 0.289 e. The number of rotatable bonds is 40. The molecule has 0 atom stereocenters. The van der Waals surface area contributed by atoms with E-state index < -0.39 is 0 Å². The molecule has 0 spiro atoms. The highest BCUT2D eigenvalue weighted by molar-refractivity contribution is 8.00. The van der Waals surface area contributed by atoms with Crippen LogP contribution in [0.1, 0.15) is 241 Å². The number of ether oxygens (including phenoxy) is 1. The van der Waals surface area contributed by atoms with Crippen molar-refractivity contribution in [2.45, 2.75) is 275 Å². The van der Waals surface area contributed by atoms with E-state index in [2.05, 4.69) is 181 Å². The molecular formula is C131H142O13S5. The first-order chi connectivity index (χ1) is 72.6. The zero-order valence-corrected chi connectivity index (χ0v) is 92.7. The maximum absolute atomic E-state index is 12.5. The second-order valence-corrected chi connectivity index (χ2v) is 42.9. The fourth-order valence-electron chi connectivity index (χ4n) is 16.4. The van der Waals surface area contributed by atoms with Crippen molar-refractivity contribution in [3.8, 4) is 29.6 Å². The average molecular weight is 2080 g/mol. The maximum Gasteiger partial charge on any atom is 0.289 e. The maximum atomic E-state index is 12.5. The minimum Gasteiger partial charge on any atom is -0.460 e. The first-order valence-corrected chi connectivity index (χ1v) is 57.8. The highest BCUT2D eigenvalue weighted by atomic mass is 32.2. The summed E-state index contributed by atoms with van der Waals surface area (Å²) in [4.78, 5) is 74.1. The predicted octanol–water partition coefficient (Wildman–Crippen LogP) is 34.2. The summed E-state index contributed by atoms with van der Waals surface area (Å²) in [6, 6.07) is 89.4. The van der Waals surface area contributed by atoms with Crippen LogP contribution in [0.5, 0.6) is 5.95 Å². The number of benzene rings is 11. The summed E-state index contributed by atoms with van der Waals surface area (Å²) in [5.74, 6) is 18.2. The van der Waals surface area contributed by atoms with Gasteiger partial charge >= 0.3 is 0 Å². The Hall–Kier alpha value is -12.7. The molecule has 0 N–H and O–H groups in total. The zero-order chi connectivity index (χ0) is 105. The lowest BCUT2D eigenvalue weighted by Gasteiger charge is -2.08. The monoisotopic (exact) mass is 2080 g/mol. The zero-order valence-electron chi connectivity index (χ0n) is 88.6.